The number of halogens is 1. The summed E-state index contributed by atoms with van der Waals surface area (Å²) < 4.78 is 18.1. The normalized spacial score (nSPS) is 9.92. The average Bonchev–Trinajstić information content (AvgIpc) is 2.07. The van der Waals surface area contributed by atoms with Gasteiger partial charge in [0.15, 0.2) is 11.6 Å². The van der Waals surface area contributed by atoms with Crippen molar-refractivity contribution < 1.29 is 9.13 Å². The van der Waals surface area contributed by atoms with Gasteiger partial charge in [0, 0.05) is 0 Å². The Kier molecular flexibility index (Phi) is 3.41. The highest BCUT2D eigenvalue weighted by molar-refractivity contribution is 7.98. The molecule has 0 atom stereocenters. The summed E-state index contributed by atoms with van der Waals surface area (Å²) in [5.74, 6) is 0.527. The summed E-state index contributed by atoms with van der Waals surface area (Å²) in [6, 6.07) is 4.85. The summed E-state index contributed by atoms with van der Waals surface area (Å²) in [7, 11) is 0. The van der Waals surface area contributed by atoms with Gasteiger partial charge in [-0.15, -0.1) is 11.8 Å². The van der Waals surface area contributed by atoms with Crippen LogP contribution < -0.4 is 4.74 Å². The zero-order valence-corrected chi connectivity index (χ0v) is 7.95. The third-order valence-corrected chi connectivity index (χ3v) is 1.77. The summed E-state index contributed by atoms with van der Waals surface area (Å²) >= 11 is 1.52. The van der Waals surface area contributed by atoms with Crippen LogP contribution in [0.4, 0.5) is 4.39 Å². The third-order valence-electron chi connectivity index (χ3n) is 1.42. The van der Waals surface area contributed by atoms with Crippen molar-refractivity contribution in [3.05, 3.63) is 29.6 Å². The molecule has 0 aliphatic rings. The van der Waals surface area contributed by atoms with E-state index in [1.165, 1.54) is 17.8 Å². The molecule has 66 valence electrons. The minimum atomic E-state index is -0.297. The van der Waals surface area contributed by atoms with Crippen molar-refractivity contribution in [1.29, 1.82) is 0 Å². The largest absolute Gasteiger partial charge is 0.480 e. The number of hydrogen-bond acceptors (Lipinski definition) is 2. The molecule has 0 amide bonds. The van der Waals surface area contributed by atoms with Crippen molar-refractivity contribution in [1.82, 2.24) is 0 Å². The van der Waals surface area contributed by atoms with E-state index < -0.39 is 0 Å². The monoisotopic (exact) mass is 186 g/mol. The van der Waals surface area contributed by atoms with Gasteiger partial charge < -0.3 is 4.74 Å². The second kappa shape index (κ2) is 4.36. The van der Waals surface area contributed by atoms with Crippen LogP contribution in [-0.4, -0.2) is 12.2 Å². The Hall–Kier alpha value is -0.700. The number of benzene rings is 1. The van der Waals surface area contributed by atoms with Gasteiger partial charge in [-0.1, -0.05) is 6.07 Å². The molecule has 0 aliphatic heterocycles. The summed E-state index contributed by atoms with van der Waals surface area (Å²) in [4.78, 5) is 0. The van der Waals surface area contributed by atoms with E-state index in [0.29, 0.717) is 11.7 Å². The van der Waals surface area contributed by atoms with Gasteiger partial charge in [0.1, 0.15) is 5.94 Å². The summed E-state index contributed by atoms with van der Waals surface area (Å²) in [6.45, 7) is 1.91. The number of hydrogen-bond donors (Lipinski definition) is 0. The summed E-state index contributed by atoms with van der Waals surface area (Å²) in [5.41, 5.74) is 1.01. The van der Waals surface area contributed by atoms with E-state index in [1.54, 1.807) is 12.1 Å². The Bertz CT molecular complexity index is 263. The van der Waals surface area contributed by atoms with Crippen LogP contribution in [0.2, 0.25) is 0 Å². The Morgan fingerprint density at radius 1 is 1.50 bits per heavy atom. The minimum Gasteiger partial charge on any atom is -0.480 e. The van der Waals surface area contributed by atoms with E-state index >= 15 is 0 Å². The average molecular weight is 186 g/mol. The molecule has 0 bridgehead atoms. The van der Waals surface area contributed by atoms with E-state index in [1.807, 2.05) is 13.2 Å². The van der Waals surface area contributed by atoms with E-state index in [4.69, 9.17) is 4.74 Å². The van der Waals surface area contributed by atoms with Crippen LogP contribution in [0.3, 0.4) is 0 Å². The van der Waals surface area contributed by atoms with Crippen LogP contribution in [-0.2, 0) is 0 Å². The molecule has 0 saturated carbocycles. The van der Waals surface area contributed by atoms with Crippen molar-refractivity contribution in [2.75, 3.05) is 12.2 Å². The highest BCUT2D eigenvalue weighted by Gasteiger charge is 2.01. The fourth-order valence-corrected chi connectivity index (χ4v) is 1.09. The lowest BCUT2D eigenvalue weighted by Crippen LogP contribution is -1.94. The van der Waals surface area contributed by atoms with Gasteiger partial charge in [0.25, 0.3) is 0 Å². The van der Waals surface area contributed by atoms with Crippen LogP contribution in [0.15, 0.2) is 18.2 Å². The number of aryl methyl sites for hydroxylation is 1. The molecule has 0 spiro atoms. The second-order valence-corrected chi connectivity index (χ2v) is 3.30. The molecular weight excluding hydrogens is 175 g/mol. The third kappa shape index (κ3) is 2.41. The van der Waals surface area contributed by atoms with Crippen molar-refractivity contribution in [3.8, 4) is 5.75 Å². The first kappa shape index (κ1) is 9.39. The molecule has 1 aromatic carbocycles. The first-order valence-electron chi connectivity index (χ1n) is 3.62. The second-order valence-electron chi connectivity index (χ2n) is 2.48. The van der Waals surface area contributed by atoms with Gasteiger partial charge in [-0.25, -0.2) is 4.39 Å². The molecule has 0 unspecified atom stereocenters. The minimum absolute atomic E-state index is 0.297. The van der Waals surface area contributed by atoms with Crippen LogP contribution >= 0.6 is 11.8 Å². The zero-order chi connectivity index (χ0) is 8.97. The Balaban J connectivity index is 2.75. The Morgan fingerprint density at radius 2 is 2.25 bits per heavy atom. The molecule has 0 radical (unpaired) electrons. The maximum absolute atomic E-state index is 13.0. The van der Waals surface area contributed by atoms with E-state index in [9.17, 15) is 4.39 Å². The van der Waals surface area contributed by atoms with Gasteiger partial charge >= 0.3 is 0 Å². The molecule has 0 aromatic heterocycles. The number of rotatable bonds is 3. The SMILES string of the molecule is CSCOc1cc(C)ccc1F. The quantitative estimate of drug-likeness (QED) is 0.671. The molecule has 3 heteroatoms. The molecule has 0 heterocycles. The molecule has 1 nitrogen and oxygen atoms in total. The molecule has 0 N–H and O–H groups in total. The first-order chi connectivity index (χ1) is 5.74. The fourth-order valence-electron chi connectivity index (χ4n) is 0.844. The van der Waals surface area contributed by atoms with E-state index in [-0.39, 0.29) is 5.82 Å². The van der Waals surface area contributed by atoms with Crippen LogP contribution in [0.1, 0.15) is 5.56 Å². The van der Waals surface area contributed by atoms with Crippen molar-refractivity contribution >= 4 is 11.8 Å². The molecule has 1 rings (SSSR count). The number of ether oxygens (including phenoxy) is 1. The van der Waals surface area contributed by atoms with Crippen molar-refractivity contribution in [3.63, 3.8) is 0 Å². The lowest BCUT2D eigenvalue weighted by Gasteiger charge is -2.05. The van der Waals surface area contributed by atoms with E-state index in [0.717, 1.165) is 5.56 Å². The Morgan fingerprint density at radius 3 is 2.92 bits per heavy atom. The predicted molar refractivity (Wildman–Crippen MR) is 50.1 cm³/mol. The van der Waals surface area contributed by atoms with Gasteiger partial charge in [-0.2, -0.15) is 0 Å². The lowest BCUT2D eigenvalue weighted by molar-refractivity contribution is 0.368. The van der Waals surface area contributed by atoms with Crippen molar-refractivity contribution in [2.24, 2.45) is 0 Å². The maximum atomic E-state index is 13.0. The summed E-state index contributed by atoms with van der Waals surface area (Å²) in [6.07, 6.45) is 1.91. The Labute approximate surface area is 75.9 Å². The predicted octanol–water partition coefficient (Wildman–Crippen LogP) is 2.83. The number of thioether (sulfide) groups is 1. The molecule has 0 saturated heterocycles. The highest BCUT2D eigenvalue weighted by atomic mass is 32.2. The molecule has 0 fully saturated rings. The van der Waals surface area contributed by atoms with Crippen LogP contribution in [0.25, 0.3) is 0 Å². The first-order valence-corrected chi connectivity index (χ1v) is 5.01. The molecule has 0 aliphatic carbocycles. The topological polar surface area (TPSA) is 9.23 Å². The maximum Gasteiger partial charge on any atom is 0.165 e. The van der Waals surface area contributed by atoms with Gasteiger partial charge in [-0.05, 0) is 30.9 Å². The molecule has 1 aromatic rings. The van der Waals surface area contributed by atoms with Crippen molar-refractivity contribution in [2.45, 2.75) is 6.92 Å². The standard InChI is InChI=1S/C9H11FOS/c1-7-3-4-8(10)9(5-7)11-6-12-2/h3-5H,6H2,1-2H3. The smallest absolute Gasteiger partial charge is 0.165 e. The molecular formula is C9H11FOS. The molecule has 12 heavy (non-hydrogen) atoms. The lowest BCUT2D eigenvalue weighted by atomic mass is 10.2. The summed E-state index contributed by atoms with van der Waals surface area (Å²) in [5, 5.41) is 0. The van der Waals surface area contributed by atoms with Gasteiger partial charge in [-0.3, -0.25) is 0 Å². The van der Waals surface area contributed by atoms with Crippen LogP contribution in [0.5, 0.6) is 5.75 Å². The highest BCUT2D eigenvalue weighted by Crippen LogP contribution is 2.18. The van der Waals surface area contributed by atoms with E-state index in [2.05, 4.69) is 0 Å². The fraction of sp³-hybridized carbons (Fsp3) is 0.333. The van der Waals surface area contributed by atoms with Gasteiger partial charge in [0.05, 0.1) is 0 Å². The van der Waals surface area contributed by atoms with Gasteiger partial charge in [0.2, 0.25) is 0 Å². The zero-order valence-electron chi connectivity index (χ0n) is 7.13. The van der Waals surface area contributed by atoms with Crippen LogP contribution in [0, 0.1) is 12.7 Å².